The predicted octanol–water partition coefficient (Wildman–Crippen LogP) is 3.05. The molecule has 1 N–H and O–H groups in total. The van der Waals surface area contributed by atoms with E-state index >= 15 is 0 Å². The Morgan fingerprint density at radius 1 is 1.14 bits per heavy atom. The quantitative estimate of drug-likeness (QED) is 0.759. The number of benzene rings is 2. The second-order valence-electron chi connectivity index (χ2n) is 3.13. The summed E-state index contributed by atoms with van der Waals surface area (Å²) in [5, 5.41) is 11.6. The van der Waals surface area contributed by atoms with Crippen molar-refractivity contribution in [1.82, 2.24) is 0 Å². The number of rotatable bonds is 2. The van der Waals surface area contributed by atoms with Gasteiger partial charge in [0.1, 0.15) is 0 Å². The second-order valence-corrected chi connectivity index (χ2v) is 3.98. The smallest absolute Gasteiger partial charge is 0.0688 e. The summed E-state index contributed by atoms with van der Waals surface area (Å²) < 4.78 is 0. The Kier molecular flexibility index (Phi) is 2.75. The van der Waals surface area contributed by atoms with E-state index in [1.54, 1.807) is 11.8 Å². The Balaban J connectivity index is 2.81. The number of fused-ring (bicyclic) bond motifs is 1. The van der Waals surface area contributed by atoms with E-state index in [0.29, 0.717) is 0 Å². The van der Waals surface area contributed by atoms with E-state index in [4.69, 9.17) is 0 Å². The maximum atomic E-state index is 9.25. The number of thioether (sulfide) groups is 1. The van der Waals surface area contributed by atoms with Crippen LogP contribution in [0.2, 0.25) is 0 Å². The fourth-order valence-electron chi connectivity index (χ4n) is 1.68. The highest BCUT2D eigenvalue weighted by molar-refractivity contribution is 7.98. The highest BCUT2D eigenvalue weighted by Crippen LogP contribution is 2.29. The van der Waals surface area contributed by atoms with Crippen LogP contribution in [0.4, 0.5) is 0 Å². The molecule has 0 amide bonds. The van der Waals surface area contributed by atoms with E-state index < -0.39 is 0 Å². The van der Waals surface area contributed by atoms with Gasteiger partial charge in [-0.3, -0.25) is 0 Å². The van der Waals surface area contributed by atoms with E-state index in [1.807, 2.05) is 12.1 Å². The average Bonchev–Trinajstić information content (AvgIpc) is 2.27. The van der Waals surface area contributed by atoms with E-state index in [-0.39, 0.29) is 6.61 Å². The molecule has 0 atom stereocenters. The van der Waals surface area contributed by atoms with Crippen LogP contribution in [0.5, 0.6) is 0 Å². The van der Waals surface area contributed by atoms with Crippen LogP contribution in [0.25, 0.3) is 10.8 Å². The van der Waals surface area contributed by atoms with Gasteiger partial charge in [-0.05, 0) is 23.3 Å². The lowest BCUT2D eigenvalue weighted by molar-refractivity contribution is 0.283. The average molecular weight is 204 g/mol. The van der Waals surface area contributed by atoms with Crippen LogP contribution in [-0.4, -0.2) is 11.4 Å². The van der Waals surface area contributed by atoms with E-state index in [2.05, 4.69) is 30.5 Å². The summed E-state index contributed by atoms with van der Waals surface area (Å²) in [5.74, 6) is 0. The molecule has 0 unspecified atom stereocenters. The van der Waals surface area contributed by atoms with Gasteiger partial charge in [-0.15, -0.1) is 11.8 Å². The molecule has 2 rings (SSSR count). The standard InChI is InChI=1S/C12H12OS/c1-14-11-7-3-5-9-4-2-6-10(8-13)12(9)11/h2-7,13H,8H2,1H3. The number of aliphatic hydroxyl groups is 1. The van der Waals surface area contributed by atoms with Crippen molar-refractivity contribution in [3.05, 3.63) is 42.0 Å². The summed E-state index contributed by atoms with van der Waals surface area (Å²) in [6.07, 6.45) is 2.06. The van der Waals surface area contributed by atoms with Crippen molar-refractivity contribution < 1.29 is 5.11 Å². The van der Waals surface area contributed by atoms with Crippen molar-refractivity contribution in [2.24, 2.45) is 0 Å². The first-order valence-corrected chi connectivity index (χ1v) is 5.74. The van der Waals surface area contributed by atoms with Crippen molar-refractivity contribution in [2.45, 2.75) is 11.5 Å². The van der Waals surface area contributed by atoms with Crippen LogP contribution in [-0.2, 0) is 6.61 Å². The van der Waals surface area contributed by atoms with Crippen molar-refractivity contribution in [1.29, 1.82) is 0 Å². The first-order chi connectivity index (χ1) is 6.86. The molecule has 0 saturated heterocycles. The maximum absolute atomic E-state index is 9.25. The van der Waals surface area contributed by atoms with E-state index in [9.17, 15) is 5.11 Å². The minimum Gasteiger partial charge on any atom is -0.392 e. The Morgan fingerprint density at radius 2 is 1.86 bits per heavy atom. The van der Waals surface area contributed by atoms with Crippen LogP contribution in [0.1, 0.15) is 5.56 Å². The molecule has 0 heterocycles. The zero-order chi connectivity index (χ0) is 9.97. The molecule has 0 aromatic heterocycles. The lowest BCUT2D eigenvalue weighted by Crippen LogP contribution is -1.87. The molecule has 0 bridgehead atoms. The number of aliphatic hydroxyl groups excluding tert-OH is 1. The van der Waals surface area contributed by atoms with Crippen LogP contribution < -0.4 is 0 Å². The third-order valence-electron chi connectivity index (χ3n) is 2.34. The number of hydrogen-bond acceptors (Lipinski definition) is 2. The topological polar surface area (TPSA) is 20.2 Å². The molecule has 72 valence electrons. The number of hydrogen-bond donors (Lipinski definition) is 1. The molecule has 0 aliphatic heterocycles. The Bertz CT molecular complexity index is 412. The Labute approximate surface area is 87.8 Å². The summed E-state index contributed by atoms with van der Waals surface area (Å²) in [4.78, 5) is 1.23. The highest BCUT2D eigenvalue weighted by atomic mass is 32.2. The van der Waals surface area contributed by atoms with Gasteiger partial charge in [-0.1, -0.05) is 30.3 Å². The lowest BCUT2D eigenvalue weighted by atomic mass is 10.1. The van der Waals surface area contributed by atoms with Crippen LogP contribution in [0.3, 0.4) is 0 Å². The fourth-order valence-corrected chi connectivity index (χ4v) is 2.35. The second kappa shape index (κ2) is 4.03. The summed E-state index contributed by atoms with van der Waals surface area (Å²) in [6.45, 7) is 0.106. The van der Waals surface area contributed by atoms with Gasteiger partial charge in [0.2, 0.25) is 0 Å². The summed E-state index contributed by atoms with van der Waals surface area (Å²) >= 11 is 1.72. The minimum absolute atomic E-state index is 0.106. The molecule has 0 aliphatic carbocycles. The molecule has 2 aromatic rings. The first-order valence-electron chi connectivity index (χ1n) is 4.52. The maximum Gasteiger partial charge on any atom is 0.0688 e. The van der Waals surface area contributed by atoms with Crippen molar-refractivity contribution >= 4 is 22.5 Å². The zero-order valence-corrected chi connectivity index (χ0v) is 8.84. The van der Waals surface area contributed by atoms with Gasteiger partial charge < -0.3 is 5.11 Å². The first kappa shape index (κ1) is 9.56. The normalized spacial score (nSPS) is 10.7. The lowest BCUT2D eigenvalue weighted by Gasteiger charge is -2.07. The Hall–Kier alpha value is -0.990. The van der Waals surface area contributed by atoms with Gasteiger partial charge in [0, 0.05) is 10.3 Å². The molecule has 0 saturated carbocycles. The van der Waals surface area contributed by atoms with Crippen LogP contribution in [0.15, 0.2) is 41.3 Å². The van der Waals surface area contributed by atoms with Gasteiger partial charge in [-0.25, -0.2) is 0 Å². The van der Waals surface area contributed by atoms with Crippen molar-refractivity contribution in [3.63, 3.8) is 0 Å². The summed E-state index contributed by atoms with van der Waals surface area (Å²) in [6, 6.07) is 12.3. The molecular weight excluding hydrogens is 192 g/mol. The van der Waals surface area contributed by atoms with Gasteiger partial charge in [0.15, 0.2) is 0 Å². The fraction of sp³-hybridized carbons (Fsp3) is 0.167. The molecular formula is C12H12OS. The van der Waals surface area contributed by atoms with Crippen molar-refractivity contribution in [3.8, 4) is 0 Å². The predicted molar refractivity (Wildman–Crippen MR) is 61.7 cm³/mol. The molecule has 0 spiro atoms. The SMILES string of the molecule is CSc1cccc2cccc(CO)c12. The van der Waals surface area contributed by atoms with Gasteiger partial charge in [-0.2, -0.15) is 0 Å². The zero-order valence-electron chi connectivity index (χ0n) is 8.03. The van der Waals surface area contributed by atoms with Gasteiger partial charge in [0.05, 0.1) is 6.61 Å². The molecule has 0 radical (unpaired) electrons. The van der Waals surface area contributed by atoms with Crippen molar-refractivity contribution in [2.75, 3.05) is 6.26 Å². The Morgan fingerprint density at radius 3 is 2.50 bits per heavy atom. The van der Waals surface area contributed by atoms with Crippen LogP contribution in [0, 0.1) is 0 Å². The monoisotopic (exact) mass is 204 g/mol. The summed E-state index contributed by atoms with van der Waals surface area (Å²) in [7, 11) is 0. The largest absolute Gasteiger partial charge is 0.392 e. The van der Waals surface area contributed by atoms with Gasteiger partial charge >= 0.3 is 0 Å². The van der Waals surface area contributed by atoms with Crippen LogP contribution >= 0.6 is 11.8 Å². The third-order valence-corrected chi connectivity index (χ3v) is 3.12. The minimum atomic E-state index is 0.106. The van der Waals surface area contributed by atoms with Gasteiger partial charge in [0.25, 0.3) is 0 Å². The van der Waals surface area contributed by atoms with E-state index in [1.165, 1.54) is 15.7 Å². The third kappa shape index (κ3) is 1.51. The highest BCUT2D eigenvalue weighted by Gasteiger charge is 2.03. The molecule has 0 fully saturated rings. The van der Waals surface area contributed by atoms with E-state index in [0.717, 1.165) is 5.56 Å². The molecule has 1 nitrogen and oxygen atoms in total. The molecule has 0 aliphatic rings. The molecule has 2 aromatic carbocycles. The molecule has 2 heteroatoms. The summed E-state index contributed by atoms with van der Waals surface area (Å²) in [5.41, 5.74) is 1.01. The molecule has 14 heavy (non-hydrogen) atoms.